The molecule has 0 saturated heterocycles. The number of nitrogens with one attached hydrogen (secondary N) is 1. The Morgan fingerprint density at radius 3 is 2.74 bits per heavy atom. The van der Waals surface area contributed by atoms with E-state index in [9.17, 15) is 9.59 Å². The number of ether oxygens (including phenoxy) is 1. The van der Waals surface area contributed by atoms with Crippen molar-refractivity contribution < 1.29 is 14.3 Å². The molecule has 7 nitrogen and oxygen atoms in total. The summed E-state index contributed by atoms with van der Waals surface area (Å²) in [5.41, 5.74) is 1.90. The summed E-state index contributed by atoms with van der Waals surface area (Å²) in [4.78, 5) is 29.4. The fourth-order valence-electron chi connectivity index (χ4n) is 2.54. The monoisotopic (exact) mass is 404 g/mol. The molecule has 0 fully saturated rings. The number of aromatic nitrogens is 3. The maximum absolute atomic E-state index is 12.7. The molecule has 0 aliphatic heterocycles. The van der Waals surface area contributed by atoms with Crippen molar-refractivity contribution in [3.63, 3.8) is 0 Å². The number of rotatable bonds is 5. The molecular weight excluding hydrogens is 388 g/mol. The molecule has 2 aromatic heterocycles. The fraction of sp³-hybridized carbons (Fsp3) is 0.222. The van der Waals surface area contributed by atoms with E-state index in [-0.39, 0.29) is 11.6 Å². The number of thiazole rings is 1. The van der Waals surface area contributed by atoms with Crippen LogP contribution >= 0.6 is 22.9 Å². The third-order valence-electron chi connectivity index (χ3n) is 3.88. The van der Waals surface area contributed by atoms with E-state index in [0.717, 1.165) is 10.4 Å². The minimum atomic E-state index is -0.523. The van der Waals surface area contributed by atoms with E-state index >= 15 is 0 Å². The highest BCUT2D eigenvalue weighted by molar-refractivity contribution is 7.16. The fourth-order valence-corrected chi connectivity index (χ4v) is 3.66. The third kappa shape index (κ3) is 3.86. The summed E-state index contributed by atoms with van der Waals surface area (Å²) < 4.78 is 6.21. The van der Waals surface area contributed by atoms with Crippen LogP contribution < -0.4 is 5.32 Å². The maximum atomic E-state index is 12.7. The Hall–Kier alpha value is -2.71. The first kappa shape index (κ1) is 19.1. The predicted octanol–water partition coefficient (Wildman–Crippen LogP) is 3.80. The van der Waals surface area contributed by atoms with Crippen LogP contribution in [0.25, 0.3) is 11.3 Å². The van der Waals surface area contributed by atoms with E-state index in [1.807, 2.05) is 25.1 Å². The Kier molecular flexibility index (Phi) is 5.57. The second kappa shape index (κ2) is 7.89. The summed E-state index contributed by atoms with van der Waals surface area (Å²) in [6.07, 6.45) is 0.611. The number of methoxy groups -OCH3 is 1. The SMILES string of the molecule is CCc1sc(NC(=O)c2cc(-c3ccccc3Cl)nn2C)nc1C(=O)OC. The molecule has 1 amide bonds. The zero-order valence-electron chi connectivity index (χ0n) is 14.9. The predicted molar refractivity (Wildman–Crippen MR) is 104 cm³/mol. The van der Waals surface area contributed by atoms with Gasteiger partial charge in [-0.15, -0.1) is 11.3 Å². The van der Waals surface area contributed by atoms with Gasteiger partial charge >= 0.3 is 5.97 Å². The minimum Gasteiger partial charge on any atom is -0.464 e. The van der Waals surface area contributed by atoms with Gasteiger partial charge in [-0.05, 0) is 18.6 Å². The number of nitrogens with zero attached hydrogens (tertiary/aromatic N) is 3. The molecule has 2 heterocycles. The molecule has 0 saturated carbocycles. The van der Waals surface area contributed by atoms with Gasteiger partial charge in [0.2, 0.25) is 0 Å². The molecule has 0 spiro atoms. The Balaban J connectivity index is 1.86. The van der Waals surface area contributed by atoms with E-state index in [1.165, 1.54) is 23.1 Å². The molecular formula is C18H17ClN4O3S. The van der Waals surface area contributed by atoms with Crippen LogP contribution in [0.2, 0.25) is 5.02 Å². The number of hydrogen-bond acceptors (Lipinski definition) is 6. The van der Waals surface area contributed by atoms with Crippen molar-refractivity contribution in [2.45, 2.75) is 13.3 Å². The topological polar surface area (TPSA) is 86.1 Å². The van der Waals surface area contributed by atoms with Gasteiger partial charge in [0.15, 0.2) is 10.8 Å². The Bertz CT molecular complexity index is 1010. The van der Waals surface area contributed by atoms with Crippen LogP contribution in [0.5, 0.6) is 0 Å². The number of benzene rings is 1. The first-order valence-electron chi connectivity index (χ1n) is 8.12. The van der Waals surface area contributed by atoms with Gasteiger partial charge in [0, 0.05) is 17.5 Å². The van der Waals surface area contributed by atoms with Crippen molar-refractivity contribution in [3.8, 4) is 11.3 Å². The summed E-state index contributed by atoms with van der Waals surface area (Å²) in [6.45, 7) is 1.91. The lowest BCUT2D eigenvalue weighted by atomic mass is 10.1. The maximum Gasteiger partial charge on any atom is 0.357 e. The first-order valence-corrected chi connectivity index (χ1v) is 9.32. The highest BCUT2D eigenvalue weighted by Gasteiger charge is 2.21. The largest absolute Gasteiger partial charge is 0.464 e. The number of halogens is 1. The van der Waals surface area contributed by atoms with Gasteiger partial charge in [-0.1, -0.05) is 36.7 Å². The van der Waals surface area contributed by atoms with E-state index in [2.05, 4.69) is 15.4 Å². The van der Waals surface area contributed by atoms with Crippen LogP contribution in [-0.2, 0) is 18.2 Å². The molecule has 0 radical (unpaired) electrons. The van der Waals surface area contributed by atoms with Crippen molar-refractivity contribution in [2.24, 2.45) is 7.05 Å². The second-order valence-electron chi connectivity index (χ2n) is 5.61. The summed E-state index contributed by atoms with van der Waals surface area (Å²) in [7, 11) is 2.97. The number of esters is 1. The van der Waals surface area contributed by atoms with Gasteiger partial charge in [-0.2, -0.15) is 5.10 Å². The summed E-state index contributed by atoms with van der Waals surface area (Å²) >= 11 is 7.45. The lowest BCUT2D eigenvalue weighted by Crippen LogP contribution is -2.16. The molecule has 0 aliphatic carbocycles. The number of hydrogen-bond donors (Lipinski definition) is 1. The molecule has 1 aromatic carbocycles. The van der Waals surface area contributed by atoms with Crippen molar-refractivity contribution in [2.75, 3.05) is 12.4 Å². The lowest BCUT2D eigenvalue weighted by Gasteiger charge is -2.01. The first-order chi connectivity index (χ1) is 12.9. The van der Waals surface area contributed by atoms with Gasteiger partial charge in [-0.3, -0.25) is 14.8 Å². The molecule has 0 atom stereocenters. The van der Waals surface area contributed by atoms with Gasteiger partial charge in [0.1, 0.15) is 5.69 Å². The van der Waals surface area contributed by atoms with Gasteiger partial charge < -0.3 is 4.74 Å². The molecule has 1 N–H and O–H groups in total. The zero-order valence-corrected chi connectivity index (χ0v) is 16.5. The van der Waals surface area contributed by atoms with Crippen LogP contribution in [-0.4, -0.2) is 33.8 Å². The normalized spacial score (nSPS) is 10.7. The van der Waals surface area contributed by atoms with Crippen LogP contribution in [0.15, 0.2) is 30.3 Å². The van der Waals surface area contributed by atoms with Crippen LogP contribution in [0.1, 0.15) is 32.8 Å². The Morgan fingerprint density at radius 2 is 2.07 bits per heavy atom. The minimum absolute atomic E-state index is 0.224. The average molecular weight is 405 g/mol. The standard InChI is InChI=1S/C18H17ClN4O3S/c1-4-14-15(17(25)26-3)20-18(27-14)21-16(24)13-9-12(22-23(13)2)10-7-5-6-8-11(10)19/h5-9H,4H2,1-3H3,(H,20,21,24). The van der Waals surface area contributed by atoms with Crippen molar-refractivity contribution >= 4 is 39.9 Å². The molecule has 140 valence electrons. The molecule has 27 heavy (non-hydrogen) atoms. The van der Waals surface area contributed by atoms with Crippen molar-refractivity contribution in [3.05, 3.63) is 51.6 Å². The van der Waals surface area contributed by atoms with Crippen molar-refractivity contribution in [1.29, 1.82) is 0 Å². The van der Waals surface area contributed by atoms with Gasteiger partial charge in [-0.25, -0.2) is 9.78 Å². The van der Waals surface area contributed by atoms with Gasteiger partial charge in [0.05, 0.1) is 17.8 Å². The van der Waals surface area contributed by atoms with Crippen molar-refractivity contribution in [1.82, 2.24) is 14.8 Å². The number of amides is 1. The number of aryl methyl sites for hydroxylation is 2. The molecule has 0 aliphatic rings. The zero-order chi connectivity index (χ0) is 19.6. The molecule has 0 bridgehead atoms. The van der Waals surface area contributed by atoms with Crippen LogP contribution in [0.3, 0.4) is 0 Å². The molecule has 0 unspecified atom stereocenters. The highest BCUT2D eigenvalue weighted by Crippen LogP contribution is 2.28. The third-order valence-corrected chi connectivity index (χ3v) is 5.32. The van der Waals surface area contributed by atoms with E-state index in [1.54, 1.807) is 19.2 Å². The van der Waals surface area contributed by atoms with Crippen LogP contribution in [0.4, 0.5) is 5.13 Å². The summed E-state index contributed by atoms with van der Waals surface area (Å²) in [5, 5.41) is 7.97. The Morgan fingerprint density at radius 1 is 1.33 bits per heavy atom. The quantitative estimate of drug-likeness (QED) is 0.653. The smallest absolute Gasteiger partial charge is 0.357 e. The number of anilines is 1. The molecule has 3 rings (SSSR count). The molecule has 3 aromatic rings. The van der Waals surface area contributed by atoms with Crippen LogP contribution in [0, 0.1) is 0 Å². The summed E-state index contributed by atoms with van der Waals surface area (Å²) in [5.74, 6) is -0.902. The van der Waals surface area contributed by atoms with E-state index < -0.39 is 5.97 Å². The van der Waals surface area contributed by atoms with Gasteiger partial charge in [0.25, 0.3) is 5.91 Å². The summed E-state index contributed by atoms with van der Waals surface area (Å²) in [6, 6.07) is 8.94. The lowest BCUT2D eigenvalue weighted by molar-refractivity contribution is 0.0593. The van der Waals surface area contributed by atoms with E-state index in [4.69, 9.17) is 16.3 Å². The second-order valence-corrected chi connectivity index (χ2v) is 7.10. The highest BCUT2D eigenvalue weighted by atomic mass is 35.5. The average Bonchev–Trinajstić information content (AvgIpc) is 3.24. The Labute approximate surface area is 164 Å². The number of carbonyl (C=O) groups excluding carboxylic acids is 2. The van der Waals surface area contributed by atoms with E-state index in [0.29, 0.717) is 28.0 Å². The molecule has 9 heteroatoms. The number of carbonyl (C=O) groups is 2.